The Morgan fingerprint density at radius 3 is 2.75 bits per heavy atom. The van der Waals surface area contributed by atoms with Crippen LogP contribution in [0.5, 0.6) is 0 Å². The van der Waals surface area contributed by atoms with Gasteiger partial charge in [-0.2, -0.15) is 5.26 Å². The minimum atomic E-state index is 0.297. The number of hydrogen-bond acceptors (Lipinski definition) is 3. The number of nitrogen functional groups attached to an aromatic ring is 1. The highest BCUT2D eigenvalue weighted by molar-refractivity contribution is 5.72. The lowest BCUT2D eigenvalue weighted by Gasteiger charge is -2.13. The summed E-state index contributed by atoms with van der Waals surface area (Å²) in [6.07, 6.45) is 2.39. The number of nitrogens with two attached hydrogens (primary N) is 1. The second-order valence-corrected chi connectivity index (χ2v) is 5.63. The fourth-order valence-electron chi connectivity index (χ4n) is 2.58. The van der Waals surface area contributed by atoms with Crippen molar-refractivity contribution in [3.8, 4) is 17.3 Å². The predicted octanol–water partition coefficient (Wildman–Crippen LogP) is 3.46. The summed E-state index contributed by atoms with van der Waals surface area (Å²) in [5, 5.41) is 9.02. The highest BCUT2D eigenvalue weighted by Gasteiger charge is 2.31. The van der Waals surface area contributed by atoms with Crippen LogP contribution in [0.2, 0.25) is 0 Å². The fourth-order valence-corrected chi connectivity index (χ4v) is 2.58. The summed E-state index contributed by atoms with van der Waals surface area (Å²) >= 11 is 0. The Balaban J connectivity index is 2.14. The predicted molar refractivity (Wildman–Crippen MR) is 79.2 cm³/mol. The zero-order valence-corrected chi connectivity index (χ0v) is 11.8. The van der Waals surface area contributed by atoms with Gasteiger partial charge in [-0.05, 0) is 38.8 Å². The molecule has 1 heterocycles. The molecule has 1 aromatic carbocycles. The van der Waals surface area contributed by atoms with E-state index in [9.17, 15) is 0 Å². The molecule has 4 heteroatoms. The van der Waals surface area contributed by atoms with E-state index in [4.69, 9.17) is 16.0 Å². The van der Waals surface area contributed by atoms with Crippen LogP contribution < -0.4 is 5.73 Å². The highest BCUT2D eigenvalue weighted by atomic mass is 15.2. The lowest BCUT2D eigenvalue weighted by atomic mass is 10.1. The van der Waals surface area contributed by atoms with Crippen molar-refractivity contribution in [2.75, 3.05) is 5.73 Å². The average Bonchev–Trinajstić information content (AvgIpc) is 3.22. The lowest BCUT2D eigenvalue weighted by Crippen LogP contribution is -2.08. The molecule has 0 saturated heterocycles. The maximum absolute atomic E-state index is 9.02. The van der Waals surface area contributed by atoms with Crippen molar-refractivity contribution >= 4 is 5.82 Å². The molecule has 0 amide bonds. The first kappa shape index (κ1) is 12.7. The molecule has 20 heavy (non-hydrogen) atoms. The Morgan fingerprint density at radius 1 is 1.40 bits per heavy atom. The van der Waals surface area contributed by atoms with Crippen molar-refractivity contribution in [2.45, 2.75) is 38.6 Å². The standard InChI is InChI=1S/C16H18N4/c1-10(2)20-15(18)14(19-16(20)12-6-7-12)13-5-3-4-11(8-13)9-17/h3-5,8,10,12H,6-7,18H2,1-2H3. The Labute approximate surface area is 118 Å². The first-order chi connectivity index (χ1) is 9.61. The van der Waals surface area contributed by atoms with Gasteiger partial charge in [-0.1, -0.05) is 12.1 Å². The molecule has 1 aliphatic carbocycles. The number of imidazole rings is 1. The van der Waals surface area contributed by atoms with Gasteiger partial charge in [0, 0.05) is 17.5 Å². The van der Waals surface area contributed by atoms with E-state index < -0.39 is 0 Å². The monoisotopic (exact) mass is 266 g/mol. The molecular formula is C16H18N4. The number of nitrogens with zero attached hydrogens (tertiary/aromatic N) is 3. The molecular weight excluding hydrogens is 248 g/mol. The van der Waals surface area contributed by atoms with Crippen LogP contribution in [0.25, 0.3) is 11.3 Å². The van der Waals surface area contributed by atoms with E-state index in [0.29, 0.717) is 23.3 Å². The molecule has 1 saturated carbocycles. The molecule has 1 aromatic heterocycles. The van der Waals surface area contributed by atoms with Crippen LogP contribution in [-0.4, -0.2) is 9.55 Å². The third-order valence-electron chi connectivity index (χ3n) is 3.70. The topological polar surface area (TPSA) is 67.6 Å². The van der Waals surface area contributed by atoms with Gasteiger partial charge in [0.05, 0.1) is 11.6 Å². The molecule has 4 nitrogen and oxygen atoms in total. The number of benzene rings is 1. The average molecular weight is 266 g/mol. The normalized spacial score (nSPS) is 14.5. The van der Waals surface area contributed by atoms with Crippen LogP contribution in [0, 0.1) is 11.3 Å². The number of rotatable bonds is 3. The molecule has 2 N–H and O–H groups in total. The van der Waals surface area contributed by atoms with Crippen molar-refractivity contribution in [2.24, 2.45) is 0 Å². The number of hydrogen-bond donors (Lipinski definition) is 1. The van der Waals surface area contributed by atoms with E-state index in [0.717, 1.165) is 17.1 Å². The van der Waals surface area contributed by atoms with Crippen molar-refractivity contribution in [3.05, 3.63) is 35.7 Å². The minimum absolute atomic E-state index is 0.297. The van der Waals surface area contributed by atoms with Gasteiger partial charge in [0.15, 0.2) is 0 Å². The van der Waals surface area contributed by atoms with E-state index in [-0.39, 0.29) is 0 Å². The summed E-state index contributed by atoms with van der Waals surface area (Å²) in [6, 6.07) is 9.93. The van der Waals surface area contributed by atoms with Gasteiger partial charge in [0.2, 0.25) is 0 Å². The molecule has 3 rings (SSSR count). The van der Waals surface area contributed by atoms with Crippen LogP contribution in [0.1, 0.15) is 50.0 Å². The molecule has 0 spiro atoms. The second-order valence-electron chi connectivity index (χ2n) is 5.63. The van der Waals surface area contributed by atoms with Gasteiger partial charge in [0.1, 0.15) is 17.3 Å². The summed E-state index contributed by atoms with van der Waals surface area (Å²) in [5.74, 6) is 2.35. The molecule has 102 valence electrons. The fraction of sp³-hybridized carbons (Fsp3) is 0.375. The zero-order valence-electron chi connectivity index (χ0n) is 11.8. The minimum Gasteiger partial charge on any atom is -0.383 e. The van der Waals surface area contributed by atoms with Gasteiger partial charge in [0.25, 0.3) is 0 Å². The Morgan fingerprint density at radius 2 is 2.15 bits per heavy atom. The molecule has 0 bridgehead atoms. The van der Waals surface area contributed by atoms with Gasteiger partial charge in [-0.15, -0.1) is 0 Å². The summed E-state index contributed by atoms with van der Waals surface area (Å²) in [7, 11) is 0. The summed E-state index contributed by atoms with van der Waals surface area (Å²) in [6.45, 7) is 4.25. The Kier molecular flexibility index (Phi) is 2.98. The van der Waals surface area contributed by atoms with Crippen molar-refractivity contribution in [3.63, 3.8) is 0 Å². The van der Waals surface area contributed by atoms with Gasteiger partial charge >= 0.3 is 0 Å². The molecule has 2 aromatic rings. The lowest BCUT2D eigenvalue weighted by molar-refractivity contribution is 0.576. The quantitative estimate of drug-likeness (QED) is 0.925. The smallest absolute Gasteiger partial charge is 0.131 e. The SMILES string of the molecule is CC(C)n1c(C2CC2)nc(-c2cccc(C#N)c2)c1N. The van der Waals surface area contributed by atoms with Gasteiger partial charge in [-0.25, -0.2) is 4.98 Å². The van der Waals surface area contributed by atoms with Crippen LogP contribution in [-0.2, 0) is 0 Å². The van der Waals surface area contributed by atoms with Crippen LogP contribution >= 0.6 is 0 Å². The van der Waals surface area contributed by atoms with E-state index >= 15 is 0 Å². The van der Waals surface area contributed by atoms with Crippen LogP contribution in [0.3, 0.4) is 0 Å². The third-order valence-corrected chi connectivity index (χ3v) is 3.70. The first-order valence-electron chi connectivity index (χ1n) is 7.00. The highest BCUT2D eigenvalue weighted by Crippen LogP contribution is 2.43. The summed E-state index contributed by atoms with van der Waals surface area (Å²) in [4.78, 5) is 4.77. The molecule has 0 radical (unpaired) electrons. The third kappa shape index (κ3) is 2.05. The number of anilines is 1. The van der Waals surface area contributed by atoms with Crippen LogP contribution in [0.15, 0.2) is 24.3 Å². The molecule has 0 aliphatic heterocycles. The second kappa shape index (κ2) is 4.68. The maximum atomic E-state index is 9.02. The number of aromatic nitrogens is 2. The van der Waals surface area contributed by atoms with Gasteiger partial charge < -0.3 is 10.3 Å². The Bertz CT molecular complexity index is 687. The van der Waals surface area contributed by atoms with Gasteiger partial charge in [-0.3, -0.25) is 0 Å². The maximum Gasteiger partial charge on any atom is 0.131 e. The van der Waals surface area contributed by atoms with E-state index in [1.807, 2.05) is 18.2 Å². The zero-order chi connectivity index (χ0) is 14.3. The molecule has 0 atom stereocenters. The largest absolute Gasteiger partial charge is 0.383 e. The van der Waals surface area contributed by atoms with E-state index in [2.05, 4.69) is 24.5 Å². The molecule has 1 fully saturated rings. The van der Waals surface area contributed by atoms with Crippen molar-refractivity contribution in [1.29, 1.82) is 5.26 Å². The van der Waals surface area contributed by atoms with E-state index in [1.165, 1.54) is 12.8 Å². The van der Waals surface area contributed by atoms with Crippen LogP contribution in [0.4, 0.5) is 5.82 Å². The molecule has 1 aliphatic rings. The summed E-state index contributed by atoms with van der Waals surface area (Å²) < 4.78 is 2.13. The first-order valence-corrected chi connectivity index (χ1v) is 7.00. The summed E-state index contributed by atoms with van der Waals surface area (Å²) in [5.41, 5.74) is 8.67. The van der Waals surface area contributed by atoms with Crippen molar-refractivity contribution in [1.82, 2.24) is 9.55 Å². The van der Waals surface area contributed by atoms with Crippen molar-refractivity contribution < 1.29 is 0 Å². The molecule has 0 unspecified atom stereocenters. The Hall–Kier alpha value is -2.28. The number of nitriles is 1. The van der Waals surface area contributed by atoms with E-state index in [1.54, 1.807) is 6.07 Å².